The SMILES string of the molecule is C=C(CCl)Cn1cc([N+](=O)[O-])c(C)c(Br)c1=O. The Morgan fingerprint density at radius 1 is 1.71 bits per heavy atom. The first kappa shape index (κ1) is 13.9. The van der Waals surface area contributed by atoms with E-state index in [9.17, 15) is 14.9 Å². The van der Waals surface area contributed by atoms with E-state index < -0.39 is 4.92 Å². The molecule has 0 fully saturated rings. The number of aromatic nitrogens is 1. The highest BCUT2D eigenvalue weighted by atomic mass is 79.9. The molecule has 17 heavy (non-hydrogen) atoms. The van der Waals surface area contributed by atoms with Crippen LogP contribution in [0, 0.1) is 17.0 Å². The van der Waals surface area contributed by atoms with Gasteiger partial charge in [-0.25, -0.2) is 0 Å². The Kier molecular flexibility index (Phi) is 4.47. The van der Waals surface area contributed by atoms with Gasteiger partial charge in [-0.1, -0.05) is 6.58 Å². The van der Waals surface area contributed by atoms with Crippen LogP contribution < -0.4 is 5.56 Å². The van der Waals surface area contributed by atoms with E-state index in [1.807, 2.05) is 0 Å². The van der Waals surface area contributed by atoms with E-state index in [0.29, 0.717) is 11.1 Å². The molecule has 0 amide bonds. The number of hydrogen-bond donors (Lipinski definition) is 0. The van der Waals surface area contributed by atoms with E-state index in [-0.39, 0.29) is 28.1 Å². The van der Waals surface area contributed by atoms with Crippen LogP contribution in [-0.2, 0) is 6.54 Å². The maximum absolute atomic E-state index is 11.8. The molecule has 1 heterocycles. The third-order valence-electron chi connectivity index (χ3n) is 2.22. The van der Waals surface area contributed by atoms with Gasteiger partial charge in [-0.05, 0) is 28.4 Å². The second-order valence-corrected chi connectivity index (χ2v) is 4.59. The number of halogens is 2. The summed E-state index contributed by atoms with van der Waals surface area (Å²) >= 11 is 8.63. The zero-order chi connectivity index (χ0) is 13.2. The Labute approximate surface area is 111 Å². The number of allylic oxidation sites excluding steroid dienone is 1. The first-order valence-electron chi connectivity index (χ1n) is 4.65. The Balaban J connectivity index is 3.37. The predicted molar refractivity (Wildman–Crippen MR) is 69.7 cm³/mol. The van der Waals surface area contributed by atoms with Gasteiger partial charge in [0, 0.05) is 18.0 Å². The molecule has 0 saturated heterocycles. The second kappa shape index (κ2) is 5.46. The van der Waals surface area contributed by atoms with E-state index in [0.717, 1.165) is 0 Å². The highest BCUT2D eigenvalue weighted by Gasteiger charge is 2.18. The number of pyridine rings is 1. The van der Waals surface area contributed by atoms with Crippen molar-refractivity contribution in [2.75, 3.05) is 5.88 Å². The van der Waals surface area contributed by atoms with Crippen LogP contribution in [-0.4, -0.2) is 15.4 Å². The van der Waals surface area contributed by atoms with Gasteiger partial charge in [-0.3, -0.25) is 14.9 Å². The molecule has 0 saturated carbocycles. The molecule has 1 aromatic rings. The maximum atomic E-state index is 11.8. The molecule has 0 N–H and O–H groups in total. The standard InChI is InChI=1S/C10H10BrClN2O3/c1-6(3-12)4-13-5-8(14(16)17)7(2)9(11)10(13)15/h5H,1,3-4H2,2H3. The number of nitrogens with zero attached hydrogens (tertiary/aromatic N) is 2. The lowest BCUT2D eigenvalue weighted by Crippen LogP contribution is -2.23. The molecule has 1 aromatic heterocycles. The molecule has 0 aromatic carbocycles. The van der Waals surface area contributed by atoms with E-state index in [1.165, 1.54) is 17.7 Å². The zero-order valence-corrected chi connectivity index (χ0v) is 11.4. The molecular weight excluding hydrogens is 311 g/mol. The lowest BCUT2D eigenvalue weighted by atomic mass is 10.2. The van der Waals surface area contributed by atoms with E-state index in [2.05, 4.69) is 22.5 Å². The van der Waals surface area contributed by atoms with Gasteiger partial charge in [0.1, 0.15) is 0 Å². The molecule has 0 spiro atoms. The fourth-order valence-corrected chi connectivity index (χ4v) is 1.80. The third kappa shape index (κ3) is 2.95. The average Bonchev–Trinajstić information content (AvgIpc) is 2.29. The molecule has 1 rings (SSSR count). The van der Waals surface area contributed by atoms with Gasteiger partial charge >= 0.3 is 0 Å². The molecule has 0 aliphatic carbocycles. The minimum absolute atomic E-state index is 0.112. The van der Waals surface area contributed by atoms with Crippen LogP contribution in [0.5, 0.6) is 0 Å². The fraction of sp³-hybridized carbons (Fsp3) is 0.300. The second-order valence-electron chi connectivity index (χ2n) is 3.53. The Morgan fingerprint density at radius 2 is 2.29 bits per heavy atom. The summed E-state index contributed by atoms with van der Waals surface area (Å²) in [5.41, 5.74) is 0.477. The smallest absolute Gasteiger partial charge is 0.289 e. The Bertz CT molecular complexity index is 539. The van der Waals surface area contributed by atoms with Gasteiger partial charge in [0.15, 0.2) is 0 Å². The van der Waals surface area contributed by atoms with Crippen molar-refractivity contribution in [1.29, 1.82) is 0 Å². The lowest BCUT2D eigenvalue weighted by Gasteiger charge is -2.08. The van der Waals surface area contributed by atoms with E-state index in [1.54, 1.807) is 0 Å². The average molecular weight is 322 g/mol. The fourth-order valence-electron chi connectivity index (χ4n) is 1.29. The number of alkyl halides is 1. The van der Waals surface area contributed by atoms with Crippen molar-refractivity contribution in [2.45, 2.75) is 13.5 Å². The summed E-state index contributed by atoms with van der Waals surface area (Å²) in [5, 5.41) is 10.8. The monoisotopic (exact) mass is 320 g/mol. The summed E-state index contributed by atoms with van der Waals surface area (Å²) in [4.78, 5) is 22.1. The third-order valence-corrected chi connectivity index (χ3v) is 3.53. The molecule has 5 nitrogen and oxygen atoms in total. The van der Waals surface area contributed by atoms with Gasteiger partial charge in [0.2, 0.25) is 0 Å². The van der Waals surface area contributed by atoms with Crippen molar-refractivity contribution >= 4 is 33.2 Å². The molecule has 0 bridgehead atoms. The summed E-state index contributed by atoms with van der Waals surface area (Å²) in [7, 11) is 0. The zero-order valence-electron chi connectivity index (χ0n) is 9.07. The van der Waals surface area contributed by atoms with Crippen LogP contribution in [0.4, 0.5) is 5.69 Å². The number of rotatable bonds is 4. The van der Waals surface area contributed by atoms with Crippen LogP contribution in [0.3, 0.4) is 0 Å². The van der Waals surface area contributed by atoms with E-state index >= 15 is 0 Å². The van der Waals surface area contributed by atoms with Crippen LogP contribution in [0.15, 0.2) is 27.6 Å². The first-order valence-corrected chi connectivity index (χ1v) is 5.97. The van der Waals surface area contributed by atoms with Crippen molar-refractivity contribution < 1.29 is 4.92 Å². The summed E-state index contributed by atoms with van der Waals surface area (Å²) < 4.78 is 1.41. The van der Waals surface area contributed by atoms with Crippen molar-refractivity contribution in [3.8, 4) is 0 Å². The first-order chi connectivity index (χ1) is 7.88. The van der Waals surface area contributed by atoms with Crippen molar-refractivity contribution in [3.63, 3.8) is 0 Å². The molecule has 0 unspecified atom stereocenters. The largest absolute Gasteiger partial charge is 0.304 e. The molecule has 0 atom stereocenters. The topological polar surface area (TPSA) is 65.1 Å². The molecule has 7 heteroatoms. The quantitative estimate of drug-likeness (QED) is 0.370. The summed E-state index contributed by atoms with van der Waals surface area (Å²) in [5.74, 6) is 0.200. The molecule has 0 radical (unpaired) electrons. The highest BCUT2D eigenvalue weighted by Crippen LogP contribution is 2.22. The number of hydrogen-bond acceptors (Lipinski definition) is 3. The Hall–Kier alpha value is -1.14. The Morgan fingerprint density at radius 3 is 2.76 bits per heavy atom. The molecular formula is C10H10BrClN2O3. The lowest BCUT2D eigenvalue weighted by molar-refractivity contribution is -0.386. The highest BCUT2D eigenvalue weighted by molar-refractivity contribution is 9.10. The summed E-state index contributed by atoms with van der Waals surface area (Å²) in [6.07, 6.45) is 1.21. The van der Waals surface area contributed by atoms with E-state index in [4.69, 9.17) is 11.6 Å². The van der Waals surface area contributed by atoms with Crippen molar-refractivity contribution in [3.05, 3.63) is 48.9 Å². The maximum Gasteiger partial charge on any atom is 0.289 e. The van der Waals surface area contributed by atoms with Gasteiger partial charge in [-0.2, -0.15) is 0 Å². The van der Waals surface area contributed by atoms with Gasteiger partial charge in [0.05, 0.1) is 15.6 Å². The number of nitro groups is 1. The van der Waals surface area contributed by atoms with Gasteiger partial charge in [0.25, 0.3) is 11.2 Å². The minimum atomic E-state index is -0.528. The van der Waals surface area contributed by atoms with Crippen molar-refractivity contribution in [1.82, 2.24) is 4.57 Å². The van der Waals surface area contributed by atoms with Gasteiger partial charge in [-0.15, -0.1) is 11.6 Å². The molecule has 0 aliphatic heterocycles. The minimum Gasteiger partial charge on any atom is -0.304 e. The van der Waals surface area contributed by atoms with Crippen LogP contribution in [0.25, 0.3) is 0 Å². The van der Waals surface area contributed by atoms with Gasteiger partial charge < -0.3 is 4.57 Å². The molecule has 92 valence electrons. The van der Waals surface area contributed by atoms with Crippen LogP contribution >= 0.6 is 27.5 Å². The summed E-state index contributed by atoms with van der Waals surface area (Å²) in [6, 6.07) is 0. The van der Waals surface area contributed by atoms with Crippen LogP contribution in [0.2, 0.25) is 0 Å². The predicted octanol–water partition coefficient (Wildman–Crippen LogP) is 2.62. The summed E-state index contributed by atoms with van der Waals surface area (Å²) in [6.45, 7) is 5.35. The van der Waals surface area contributed by atoms with Crippen molar-refractivity contribution in [2.24, 2.45) is 0 Å². The molecule has 0 aliphatic rings. The van der Waals surface area contributed by atoms with Crippen LogP contribution in [0.1, 0.15) is 5.56 Å². The normalized spacial score (nSPS) is 10.3.